The minimum absolute atomic E-state index is 0.172. The van der Waals surface area contributed by atoms with Gasteiger partial charge in [-0.15, -0.1) is 0 Å². The lowest BCUT2D eigenvalue weighted by molar-refractivity contribution is 0.582. The minimum Gasteiger partial charge on any atom is -0.207 e. The molecule has 0 fully saturated rings. The first kappa shape index (κ1) is 12.0. The molecule has 0 N–H and O–H groups in total. The number of hydrogen-bond acceptors (Lipinski definition) is 0. The van der Waals surface area contributed by atoms with Gasteiger partial charge in [-0.05, 0) is 36.0 Å². The maximum Gasteiger partial charge on any atom is 0.123 e. The average Bonchev–Trinajstić information content (AvgIpc) is 2.20. The van der Waals surface area contributed by atoms with Crippen LogP contribution in [0.3, 0.4) is 0 Å². The van der Waals surface area contributed by atoms with Gasteiger partial charge in [0.15, 0.2) is 0 Å². The Labute approximate surface area is 91.8 Å². The van der Waals surface area contributed by atoms with Crippen molar-refractivity contribution >= 4 is 0 Å². The highest BCUT2D eigenvalue weighted by Gasteiger charge is 2.10. The van der Waals surface area contributed by atoms with Crippen LogP contribution in [0.5, 0.6) is 0 Å². The van der Waals surface area contributed by atoms with Crippen LogP contribution >= 0.6 is 0 Å². The van der Waals surface area contributed by atoms with Gasteiger partial charge in [0.25, 0.3) is 0 Å². The van der Waals surface area contributed by atoms with Crippen LogP contribution in [0.2, 0.25) is 0 Å². The molecule has 1 aromatic carbocycles. The number of halogens is 1. The highest BCUT2D eigenvalue weighted by Crippen LogP contribution is 2.21. The van der Waals surface area contributed by atoms with Gasteiger partial charge in [0, 0.05) is 0 Å². The molecule has 82 valence electrons. The van der Waals surface area contributed by atoms with Crippen LogP contribution in [0.15, 0.2) is 36.4 Å². The fraction of sp³-hybridized carbons (Fsp3) is 0.429. The van der Waals surface area contributed by atoms with Crippen molar-refractivity contribution in [3.63, 3.8) is 0 Å². The zero-order valence-corrected chi connectivity index (χ0v) is 9.76. The van der Waals surface area contributed by atoms with Crippen LogP contribution in [0, 0.1) is 17.7 Å². The summed E-state index contributed by atoms with van der Waals surface area (Å²) in [6, 6.07) is 6.72. The van der Waals surface area contributed by atoms with Gasteiger partial charge in [0.2, 0.25) is 0 Å². The molecule has 1 heteroatoms. The van der Waals surface area contributed by atoms with Crippen LogP contribution in [0.1, 0.15) is 26.3 Å². The summed E-state index contributed by atoms with van der Waals surface area (Å²) in [6.45, 7) is 10.6. The summed E-state index contributed by atoms with van der Waals surface area (Å²) in [6.07, 6.45) is 0.942. The van der Waals surface area contributed by atoms with Crippen LogP contribution < -0.4 is 0 Å². The molecule has 0 heterocycles. The van der Waals surface area contributed by atoms with Crippen LogP contribution in [0.4, 0.5) is 4.39 Å². The van der Waals surface area contributed by atoms with E-state index in [0.29, 0.717) is 11.8 Å². The molecule has 0 amide bonds. The lowest BCUT2D eigenvalue weighted by Gasteiger charge is -2.17. The first-order chi connectivity index (χ1) is 7.00. The topological polar surface area (TPSA) is 0 Å². The van der Waals surface area contributed by atoms with Crippen molar-refractivity contribution < 1.29 is 4.39 Å². The van der Waals surface area contributed by atoms with Crippen LogP contribution in [0.25, 0.3) is 0 Å². The Hall–Kier alpha value is -1.11. The van der Waals surface area contributed by atoms with Crippen molar-refractivity contribution in [2.45, 2.75) is 27.2 Å². The number of allylic oxidation sites excluding steroid dienone is 1. The minimum atomic E-state index is -0.172. The molecule has 1 atom stereocenters. The monoisotopic (exact) mass is 206 g/mol. The molecule has 0 saturated carbocycles. The maximum absolute atomic E-state index is 12.7. The summed E-state index contributed by atoms with van der Waals surface area (Å²) in [5.74, 6) is 0.796. The zero-order chi connectivity index (χ0) is 11.4. The third-order valence-corrected chi connectivity index (χ3v) is 2.83. The Morgan fingerprint density at radius 1 is 1.20 bits per heavy atom. The molecule has 0 bridgehead atoms. The zero-order valence-electron chi connectivity index (χ0n) is 9.76. The van der Waals surface area contributed by atoms with Gasteiger partial charge in [-0.2, -0.15) is 0 Å². The summed E-state index contributed by atoms with van der Waals surface area (Å²) in [4.78, 5) is 0. The van der Waals surface area contributed by atoms with E-state index in [1.165, 1.54) is 23.3 Å². The molecule has 0 radical (unpaired) electrons. The second-order valence-electron chi connectivity index (χ2n) is 4.46. The van der Waals surface area contributed by atoms with E-state index >= 15 is 0 Å². The largest absolute Gasteiger partial charge is 0.207 e. The third-order valence-electron chi connectivity index (χ3n) is 2.83. The van der Waals surface area contributed by atoms with E-state index in [4.69, 9.17) is 0 Å². The molecule has 0 saturated heterocycles. The van der Waals surface area contributed by atoms with Gasteiger partial charge >= 0.3 is 0 Å². The van der Waals surface area contributed by atoms with Crippen molar-refractivity contribution in [2.75, 3.05) is 0 Å². The van der Waals surface area contributed by atoms with Gasteiger partial charge in [-0.3, -0.25) is 0 Å². The van der Waals surface area contributed by atoms with Crippen LogP contribution in [-0.2, 0) is 6.42 Å². The number of hydrogen-bond donors (Lipinski definition) is 0. The van der Waals surface area contributed by atoms with Crippen molar-refractivity contribution in [3.05, 3.63) is 47.8 Å². The van der Waals surface area contributed by atoms with Crippen molar-refractivity contribution in [1.82, 2.24) is 0 Å². The maximum atomic E-state index is 12.7. The first-order valence-electron chi connectivity index (χ1n) is 5.44. The average molecular weight is 206 g/mol. The number of rotatable bonds is 4. The highest BCUT2D eigenvalue weighted by molar-refractivity contribution is 5.18. The summed E-state index contributed by atoms with van der Waals surface area (Å²) in [5.41, 5.74) is 2.44. The SMILES string of the molecule is C=C(C(C)C)C(C)Cc1ccc(F)cc1. The van der Waals surface area contributed by atoms with E-state index in [1.807, 2.05) is 12.1 Å². The number of benzene rings is 1. The van der Waals surface area contributed by atoms with E-state index < -0.39 is 0 Å². The second-order valence-corrected chi connectivity index (χ2v) is 4.46. The molecule has 0 spiro atoms. The standard InChI is InChI=1S/C14H19F/c1-10(2)12(4)11(3)9-13-5-7-14(15)8-6-13/h5-8,10-11H,4,9H2,1-3H3. The summed E-state index contributed by atoms with van der Waals surface area (Å²) in [5, 5.41) is 0. The Balaban J connectivity index is 2.62. The molecule has 0 nitrogen and oxygen atoms in total. The first-order valence-corrected chi connectivity index (χ1v) is 5.44. The Morgan fingerprint density at radius 3 is 2.20 bits per heavy atom. The normalized spacial score (nSPS) is 12.9. The molecule has 1 aromatic rings. The van der Waals surface area contributed by atoms with Gasteiger partial charge < -0.3 is 0 Å². The lowest BCUT2D eigenvalue weighted by Crippen LogP contribution is -2.07. The Kier molecular flexibility index (Phi) is 4.07. The van der Waals surface area contributed by atoms with Crippen molar-refractivity contribution in [1.29, 1.82) is 0 Å². The second kappa shape index (κ2) is 5.11. The van der Waals surface area contributed by atoms with Crippen LogP contribution in [-0.4, -0.2) is 0 Å². The molecule has 1 rings (SSSR count). The quantitative estimate of drug-likeness (QED) is 0.647. The van der Waals surface area contributed by atoms with Gasteiger partial charge in [0.1, 0.15) is 5.82 Å². The molecule has 0 aliphatic rings. The third kappa shape index (κ3) is 3.50. The van der Waals surface area contributed by atoms with E-state index in [2.05, 4.69) is 27.4 Å². The predicted molar refractivity (Wildman–Crippen MR) is 63.2 cm³/mol. The highest BCUT2D eigenvalue weighted by atomic mass is 19.1. The molecule has 0 aromatic heterocycles. The van der Waals surface area contributed by atoms with E-state index in [-0.39, 0.29) is 5.82 Å². The van der Waals surface area contributed by atoms with E-state index in [1.54, 1.807) is 0 Å². The molecule has 1 unspecified atom stereocenters. The summed E-state index contributed by atoms with van der Waals surface area (Å²) in [7, 11) is 0. The molecule has 15 heavy (non-hydrogen) atoms. The van der Waals surface area contributed by atoms with E-state index in [0.717, 1.165) is 6.42 Å². The summed E-state index contributed by atoms with van der Waals surface area (Å²) >= 11 is 0. The fourth-order valence-electron chi connectivity index (χ4n) is 1.67. The van der Waals surface area contributed by atoms with Gasteiger partial charge in [-0.1, -0.05) is 45.1 Å². The van der Waals surface area contributed by atoms with Gasteiger partial charge in [0.05, 0.1) is 0 Å². The summed E-state index contributed by atoms with van der Waals surface area (Å²) < 4.78 is 12.7. The van der Waals surface area contributed by atoms with E-state index in [9.17, 15) is 4.39 Å². The van der Waals surface area contributed by atoms with Gasteiger partial charge in [-0.25, -0.2) is 4.39 Å². The molecular weight excluding hydrogens is 187 g/mol. The molecular formula is C14H19F. The van der Waals surface area contributed by atoms with Crippen molar-refractivity contribution in [3.8, 4) is 0 Å². The van der Waals surface area contributed by atoms with Crippen molar-refractivity contribution in [2.24, 2.45) is 11.8 Å². The Bertz CT molecular complexity index is 322. The smallest absolute Gasteiger partial charge is 0.123 e. The Morgan fingerprint density at radius 2 is 1.73 bits per heavy atom. The molecule has 0 aliphatic carbocycles. The molecule has 0 aliphatic heterocycles. The lowest BCUT2D eigenvalue weighted by atomic mass is 9.88. The fourth-order valence-corrected chi connectivity index (χ4v) is 1.67. The predicted octanol–water partition coefficient (Wildman–Crippen LogP) is 4.22.